The molecule has 0 bridgehead atoms. The minimum Gasteiger partial charge on any atom is -0.380 e. The van der Waals surface area contributed by atoms with Crippen LogP contribution in [0.5, 0.6) is 0 Å². The van der Waals surface area contributed by atoms with Crippen LogP contribution in [0, 0.1) is 13.8 Å². The van der Waals surface area contributed by atoms with Crippen molar-refractivity contribution in [3.8, 4) is 0 Å². The number of ether oxygens (including phenoxy) is 1. The van der Waals surface area contributed by atoms with Crippen LogP contribution in [-0.2, 0) is 21.3 Å². The lowest BCUT2D eigenvalue weighted by Gasteiger charge is -2.13. The van der Waals surface area contributed by atoms with Crippen molar-refractivity contribution in [1.29, 1.82) is 0 Å². The van der Waals surface area contributed by atoms with Gasteiger partial charge in [0.1, 0.15) is 0 Å². The molecule has 0 spiro atoms. The molecule has 0 unspecified atom stereocenters. The van der Waals surface area contributed by atoms with Gasteiger partial charge in [0.15, 0.2) is 0 Å². The first-order chi connectivity index (χ1) is 9.42. The minimum atomic E-state index is -3.49. The largest absolute Gasteiger partial charge is 0.380 e. The molecule has 0 fully saturated rings. The molecule has 0 aliphatic rings. The van der Waals surface area contributed by atoms with E-state index in [4.69, 9.17) is 4.74 Å². The third-order valence-corrected chi connectivity index (χ3v) is 4.64. The molecular formula is C14H24N2O3S. The zero-order chi connectivity index (χ0) is 15.2. The quantitative estimate of drug-likeness (QED) is 0.711. The van der Waals surface area contributed by atoms with Crippen molar-refractivity contribution in [2.24, 2.45) is 0 Å². The van der Waals surface area contributed by atoms with Crippen molar-refractivity contribution >= 4 is 10.0 Å². The van der Waals surface area contributed by atoms with Crippen molar-refractivity contribution in [1.82, 2.24) is 10.0 Å². The molecule has 6 heteroatoms. The molecule has 1 aromatic carbocycles. The number of hydrogen-bond donors (Lipinski definition) is 2. The second-order valence-corrected chi connectivity index (χ2v) is 6.40. The summed E-state index contributed by atoms with van der Waals surface area (Å²) in [6, 6.07) is 3.65. The van der Waals surface area contributed by atoms with Crippen molar-refractivity contribution in [2.75, 3.05) is 26.8 Å². The molecule has 0 amide bonds. The highest BCUT2D eigenvalue weighted by molar-refractivity contribution is 7.89. The van der Waals surface area contributed by atoms with Gasteiger partial charge in [0.25, 0.3) is 0 Å². The maximum atomic E-state index is 12.3. The zero-order valence-corrected chi connectivity index (χ0v) is 13.4. The number of sulfonamides is 1. The smallest absolute Gasteiger partial charge is 0.240 e. The summed E-state index contributed by atoms with van der Waals surface area (Å²) in [5, 5.41) is 3.05. The van der Waals surface area contributed by atoms with Gasteiger partial charge in [-0.25, -0.2) is 13.1 Å². The third-order valence-electron chi connectivity index (χ3n) is 3.03. The molecule has 0 atom stereocenters. The summed E-state index contributed by atoms with van der Waals surface area (Å²) < 4.78 is 32.3. The predicted octanol–water partition coefficient (Wildman–Crippen LogP) is 1.34. The Balaban J connectivity index is 2.96. The summed E-state index contributed by atoms with van der Waals surface area (Å²) in [6.07, 6.45) is 0. The second kappa shape index (κ2) is 7.73. The first-order valence-electron chi connectivity index (χ1n) is 6.74. The highest BCUT2D eigenvalue weighted by Gasteiger charge is 2.17. The molecule has 0 saturated carbocycles. The van der Waals surface area contributed by atoms with Gasteiger partial charge in [0.2, 0.25) is 10.0 Å². The molecule has 0 heterocycles. The SMILES string of the molecule is CCOCCNS(=O)(=O)c1cc(CNC)c(C)cc1C. The summed E-state index contributed by atoms with van der Waals surface area (Å²) in [5.74, 6) is 0. The van der Waals surface area contributed by atoms with Crippen LogP contribution >= 0.6 is 0 Å². The second-order valence-electron chi connectivity index (χ2n) is 4.67. The Hall–Kier alpha value is -0.950. The molecule has 2 N–H and O–H groups in total. The van der Waals surface area contributed by atoms with Crippen molar-refractivity contribution < 1.29 is 13.2 Å². The maximum Gasteiger partial charge on any atom is 0.240 e. The van der Waals surface area contributed by atoms with Gasteiger partial charge >= 0.3 is 0 Å². The van der Waals surface area contributed by atoms with E-state index < -0.39 is 10.0 Å². The number of benzene rings is 1. The standard InChI is InChI=1S/C14H24N2O3S/c1-5-19-7-6-16-20(17,18)14-9-13(10-15-4)11(2)8-12(14)3/h8-9,15-16H,5-7,10H2,1-4H3. The Bertz CT molecular complexity index is 542. The first-order valence-corrected chi connectivity index (χ1v) is 8.22. The molecular weight excluding hydrogens is 276 g/mol. The summed E-state index contributed by atoms with van der Waals surface area (Å²) in [6.45, 7) is 7.56. The van der Waals surface area contributed by atoms with Gasteiger partial charge in [0, 0.05) is 19.7 Å². The average molecular weight is 300 g/mol. The first kappa shape index (κ1) is 17.1. The van der Waals surface area contributed by atoms with Crippen molar-refractivity contribution in [2.45, 2.75) is 32.2 Å². The van der Waals surface area contributed by atoms with Crippen LogP contribution in [0.1, 0.15) is 23.6 Å². The molecule has 0 aliphatic carbocycles. The van der Waals surface area contributed by atoms with E-state index in [9.17, 15) is 8.42 Å². The number of rotatable bonds is 8. The summed E-state index contributed by atoms with van der Waals surface area (Å²) in [4.78, 5) is 0.338. The average Bonchev–Trinajstić information content (AvgIpc) is 2.38. The van der Waals surface area contributed by atoms with Crippen molar-refractivity contribution in [3.63, 3.8) is 0 Å². The van der Waals surface area contributed by atoms with Crippen LogP contribution in [0.2, 0.25) is 0 Å². The van der Waals surface area contributed by atoms with Crippen LogP contribution in [0.25, 0.3) is 0 Å². The summed E-state index contributed by atoms with van der Waals surface area (Å²) in [7, 11) is -1.65. The molecule has 0 aliphatic heterocycles. The van der Waals surface area contributed by atoms with Gasteiger partial charge in [-0.15, -0.1) is 0 Å². The molecule has 1 rings (SSSR count). The van der Waals surface area contributed by atoms with E-state index in [2.05, 4.69) is 10.0 Å². The Labute approximate surface area is 121 Å². The van der Waals surface area contributed by atoms with Crippen LogP contribution in [0.15, 0.2) is 17.0 Å². The molecule has 1 aromatic rings. The minimum absolute atomic E-state index is 0.283. The van der Waals surface area contributed by atoms with Gasteiger partial charge in [-0.3, -0.25) is 0 Å². The molecule has 0 saturated heterocycles. The molecule has 0 radical (unpaired) electrons. The highest BCUT2D eigenvalue weighted by atomic mass is 32.2. The van der Waals surface area contributed by atoms with Crippen molar-refractivity contribution in [3.05, 3.63) is 28.8 Å². The molecule has 5 nitrogen and oxygen atoms in total. The molecule has 114 valence electrons. The van der Waals surface area contributed by atoms with Gasteiger partial charge in [-0.1, -0.05) is 6.07 Å². The highest BCUT2D eigenvalue weighted by Crippen LogP contribution is 2.20. The van der Waals surface area contributed by atoms with Crippen LogP contribution in [-0.4, -0.2) is 35.2 Å². The molecule has 0 aromatic heterocycles. The predicted molar refractivity (Wildman–Crippen MR) is 80.4 cm³/mol. The van der Waals surface area contributed by atoms with Gasteiger partial charge in [-0.05, 0) is 50.6 Å². The van der Waals surface area contributed by atoms with E-state index in [-0.39, 0.29) is 6.54 Å². The fourth-order valence-electron chi connectivity index (χ4n) is 2.02. The summed E-state index contributed by atoms with van der Waals surface area (Å²) in [5.41, 5.74) is 2.83. The number of aryl methyl sites for hydroxylation is 2. The number of nitrogens with one attached hydrogen (secondary N) is 2. The van der Waals surface area contributed by atoms with Crippen LogP contribution in [0.4, 0.5) is 0 Å². The van der Waals surface area contributed by atoms with Crippen LogP contribution < -0.4 is 10.0 Å². The lowest BCUT2D eigenvalue weighted by atomic mass is 10.1. The number of hydrogen-bond acceptors (Lipinski definition) is 4. The Morgan fingerprint density at radius 2 is 1.90 bits per heavy atom. The maximum absolute atomic E-state index is 12.3. The topological polar surface area (TPSA) is 67.4 Å². The van der Waals surface area contributed by atoms with E-state index in [1.807, 2.05) is 33.9 Å². The molecule has 20 heavy (non-hydrogen) atoms. The third kappa shape index (κ3) is 4.56. The van der Waals surface area contributed by atoms with E-state index in [1.54, 1.807) is 6.07 Å². The summed E-state index contributed by atoms with van der Waals surface area (Å²) >= 11 is 0. The Morgan fingerprint density at radius 3 is 2.50 bits per heavy atom. The van der Waals surface area contributed by atoms with Gasteiger partial charge < -0.3 is 10.1 Å². The van der Waals surface area contributed by atoms with Crippen LogP contribution in [0.3, 0.4) is 0 Å². The Morgan fingerprint density at radius 1 is 1.20 bits per heavy atom. The normalized spacial score (nSPS) is 11.8. The fourth-order valence-corrected chi connectivity index (χ4v) is 3.30. The van der Waals surface area contributed by atoms with E-state index in [0.29, 0.717) is 24.7 Å². The van der Waals surface area contributed by atoms with Gasteiger partial charge in [0.05, 0.1) is 11.5 Å². The lowest BCUT2D eigenvalue weighted by molar-refractivity contribution is 0.153. The van der Waals surface area contributed by atoms with Gasteiger partial charge in [-0.2, -0.15) is 0 Å². The Kier molecular flexibility index (Phi) is 6.61. The van der Waals surface area contributed by atoms with E-state index >= 15 is 0 Å². The van der Waals surface area contributed by atoms with E-state index in [1.165, 1.54) is 0 Å². The zero-order valence-electron chi connectivity index (χ0n) is 12.6. The fraction of sp³-hybridized carbons (Fsp3) is 0.571. The monoisotopic (exact) mass is 300 g/mol. The lowest BCUT2D eigenvalue weighted by Crippen LogP contribution is -2.28. The van der Waals surface area contributed by atoms with E-state index in [0.717, 1.165) is 16.7 Å².